The van der Waals surface area contributed by atoms with E-state index in [4.69, 9.17) is 14.2 Å². The van der Waals surface area contributed by atoms with Crippen molar-refractivity contribution >= 4 is 5.97 Å². The van der Waals surface area contributed by atoms with E-state index in [0.717, 1.165) is 19.3 Å². The zero-order valence-corrected chi connectivity index (χ0v) is 10.3. The molecule has 1 saturated heterocycles. The molecule has 2 atom stereocenters. The lowest BCUT2D eigenvalue weighted by molar-refractivity contribution is -0.186. The summed E-state index contributed by atoms with van der Waals surface area (Å²) in [5.74, 6) is -0.119. The highest BCUT2D eigenvalue weighted by atomic mass is 16.7. The SMILES string of the molecule is C=CC[C@@H]1[C@@H](CC(=O)OC)CCC12OCCO2. The second kappa shape index (κ2) is 5.19. The maximum absolute atomic E-state index is 11.4. The smallest absolute Gasteiger partial charge is 0.305 e. The Kier molecular flexibility index (Phi) is 3.84. The largest absolute Gasteiger partial charge is 0.469 e. The number of ether oxygens (including phenoxy) is 3. The third kappa shape index (κ3) is 2.38. The number of hydrogen-bond acceptors (Lipinski definition) is 4. The number of allylic oxidation sites excluding steroid dienone is 1. The molecular weight excluding hydrogens is 220 g/mol. The van der Waals surface area contributed by atoms with E-state index in [-0.39, 0.29) is 17.8 Å². The van der Waals surface area contributed by atoms with Crippen LogP contribution in [0.4, 0.5) is 0 Å². The molecule has 0 aromatic heterocycles. The summed E-state index contributed by atoms with van der Waals surface area (Å²) < 4.78 is 16.3. The molecule has 2 aliphatic rings. The summed E-state index contributed by atoms with van der Waals surface area (Å²) in [7, 11) is 1.43. The van der Waals surface area contributed by atoms with Crippen LogP contribution >= 0.6 is 0 Å². The average molecular weight is 240 g/mol. The molecule has 4 heteroatoms. The topological polar surface area (TPSA) is 44.8 Å². The predicted molar refractivity (Wildman–Crippen MR) is 62.3 cm³/mol. The lowest BCUT2D eigenvalue weighted by Gasteiger charge is -2.31. The zero-order valence-electron chi connectivity index (χ0n) is 10.3. The highest BCUT2D eigenvalue weighted by Gasteiger charge is 2.52. The molecule has 0 aromatic carbocycles. The van der Waals surface area contributed by atoms with Gasteiger partial charge in [-0.1, -0.05) is 6.08 Å². The second-order valence-electron chi connectivity index (χ2n) is 4.72. The van der Waals surface area contributed by atoms with E-state index in [9.17, 15) is 4.79 Å². The van der Waals surface area contributed by atoms with Crippen molar-refractivity contribution in [2.75, 3.05) is 20.3 Å². The van der Waals surface area contributed by atoms with Crippen LogP contribution in [0.3, 0.4) is 0 Å². The summed E-state index contributed by atoms with van der Waals surface area (Å²) in [4.78, 5) is 11.4. The quantitative estimate of drug-likeness (QED) is 0.556. The first-order chi connectivity index (χ1) is 8.22. The van der Waals surface area contributed by atoms with Gasteiger partial charge < -0.3 is 14.2 Å². The van der Waals surface area contributed by atoms with Crippen LogP contribution in [-0.4, -0.2) is 32.1 Å². The van der Waals surface area contributed by atoms with E-state index < -0.39 is 5.79 Å². The molecule has 0 unspecified atom stereocenters. The van der Waals surface area contributed by atoms with Gasteiger partial charge in [0.25, 0.3) is 0 Å². The Morgan fingerprint density at radius 1 is 1.53 bits per heavy atom. The first-order valence-corrected chi connectivity index (χ1v) is 6.17. The van der Waals surface area contributed by atoms with Gasteiger partial charge in [0.2, 0.25) is 0 Å². The highest BCUT2D eigenvalue weighted by molar-refractivity contribution is 5.69. The third-order valence-electron chi connectivity index (χ3n) is 3.85. The van der Waals surface area contributed by atoms with Gasteiger partial charge >= 0.3 is 5.97 Å². The Balaban J connectivity index is 2.07. The van der Waals surface area contributed by atoms with Gasteiger partial charge in [-0.2, -0.15) is 0 Å². The first kappa shape index (κ1) is 12.6. The van der Waals surface area contributed by atoms with E-state index in [1.54, 1.807) is 0 Å². The Morgan fingerprint density at radius 2 is 2.24 bits per heavy atom. The maximum Gasteiger partial charge on any atom is 0.305 e. The van der Waals surface area contributed by atoms with Gasteiger partial charge in [-0.3, -0.25) is 4.79 Å². The lowest BCUT2D eigenvalue weighted by atomic mass is 9.87. The minimum Gasteiger partial charge on any atom is -0.469 e. The molecule has 0 amide bonds. The first-order valence-electron chi connectivity index (χ1n) is 6.17. The molecule has 17 heavy (non-hydrogen) atoms. The summed E-state index contributed by atoms with van der Waals surface area (Å²) in [5, 5.41) is 0. The van der Waals surface area contributed by atoms with Crippen molar-refractivity contribution < 1.29 is 19.0 Å². The number of rotatable bonds is 4. The zero-order chi connectivity index (χ0) is 12.3. The molecule has 0 N–H and O–H groups in total. The molecule has 2 fully saturated rings. The van der Waals surface area contributed by atoms with Crippen molar-refractivity contribution in [3.05, 3.63) is 12.7 Å². The minimum atomic E-state index is -0.465. The van der Waals surface area contributed by atoms with Crippen molar-refractivity contribution in [3.8, 4) is 0 Å². The summed E-state index contributed by atoms with van der Waals surface area (Å²) in [5.41, 5.74) is 0. The van der Waals surface area contributed by atoms with Gasteiger partial charge in [0.05, 0.1) is 20.3 Å². The molecule has 4 nitrogen and oxygen atoms in total. The van der Waals surface area contributed by atoms with E-state index in [2.05, 4.69) is 6.58 Å². The number of carbonyl (C=O) groups excluding carboxylic acids is 1. The third-order valence-corrected chi connectivity index (χ3v) is 3.85. The molecule has 0 radical (unpaired) electrons. The molecule has 1 aliphatic heterocycles. The van der Waals surface area contributed by atoms with Crippen molar-refractivity contribution in [1.82, 2.24) is 0 Å². The number of esters is 1. The normalized spacial score (nSPS) is 30.6. The predicted octanol–water partition coefficient (Wildman–Crippen LogP) is 1.89. The van der Waals surface area contributed by atoms with E-state index >= 15 is 0 Å². The Hall–Kier alpha value is -0.870. The van der Waals surface area contributed by atoms with Crippen LogP contribution < -0.4 is 0 Å². The average Bonchev–Trinajstić information content (AvgIpc) is 2.92. The Morgan fingerprint density at radius 3 is 2.82 bits per heavy atom. The molecular formula is C13H20O4. The number of hydrogen-bond donors (Lipinski definition) is 0. The maximum atomic E-state index is 11.4. The Bertz CT molecular complexity index is 294. The lowest BCUT2D eigenvalue weighted by Crippen LogP contribution is -2.36. The van der Waals surface area contributed by atoms with Crippen LogP contribution in [0.2, 0.25) is 0 Å². The van der Waals surface area contributed by atoms with Gasteiger partial charge in [-0.15, -0.1) is 6.58 Å². The van der Waals surface area contributed by atoms with E-state index in [1.807, 2.05) is 6.08 Å². The Labute approximate surface area is 102 Å². The van der Waals surface area contributed by atoms with Crippen LogP contribution in [0.25, 0.3) is 0 Å². The molecule has 1 aliphatic carbocycles. The fourth-order valence-corrected chi connectivity index (χ4v) is 3.05. The summed E-state index contributed by atoms with van der Waals surface area (Å²) in [6.45, 7) is 5.09. The summed E-state index contributed by atoms with van der Waals surface area (Å²) in [6.07, 6.45) is 4.97. The van der Waals surface area contributed by atoms with Crippen LogP contribution in [0.15, 0.2) is 12.7 Å². The van der Waals surface area contributed by atoms with Crippen molar-refractivity contribution in [2.45, 2.75) is 31.5 Å². The number of carbonyl (C=O) groups is 1. The molecule has 1 saturated carbocycles. The van der Waals surface area contributed by atoms with Gasteiger partial charge in [0.1, 0.15) is 0 Å². The van der Waals surface area contributed by atoms with Crippen LogP contribution in [-0.2, 0) is 19.0 Å². The number of methoxy groups -OCH3 is 1. The van der Waals surface area contributed by atoms with Crippen molar-refractivity contribution in [1.29, 1.82) is 0 Å². The monoisotopic (exact) mass is 240 g/mol. The van der Waals surface area contributed by atoms with E-state index in [1.165, 1.54) is 7.11 Å². The summed E-state index contributed by atoms with van der Waals surface area (Å²) in [6, 6.07) is 0. The molecule has 0 bridgehead atoms. The summed E-state index contributed by atoms with van der Waals surface area (Å²) >= 11 is 0. The molecule has 1 spiro atoms. The van der Waals surface area contributed by atoms with Crippen molar-refractivity contribution in [3.63, 3.8) is 0 Å². The van der Waals surface area contributed by atoms with Crippen LogP contribution in [0, 0.1) is 11.8 Å². The fourth-order valence-electron chi connectivity index (χ4n) is 3.05. The van der Waals surface area contributed by atoms with E-state index in [0.29, 0.717) is 19.6 Å². The second-order valence-corrected chi connectivity index (χ2v) is 4.72. The van der Waals surface area contributed by atoms with Gasteiger partial charge in [0.15, 0.2) is 5.79 Å². The fraction of sp³-hybridized carbons (Fsp3) is 0.769. The van der Waals surface area contributed by atoms with Gasteiger partial charge in [-0.25, -0.2) is 0 Å². The van der Waals surface area contributed by atoms with Crippen LogP contribution in [0.1, 0.15) is 25.7 Å². The molecule has 0 aromatic rings. The standard InChI is InChI=1S/C13H20O4/c1-3-4-11-10(9-12(14)15-2)5-6-13(11)16-7-8-17-13/h3,10-11H,1,4-9H2,2H3/t10-,11-/m1/s1. The molecule has 96 valence electrons. The highest BCUT2D eigenvalue weighted by Crippen LogP contribution is 2.48. The van der Waals surface area contributed by atoms with Crippen molar-refractivity contribution in [2.24, 2.45) is 11.8 Å². The minimum absolute atomic E-state index is 0.154. The molecule has 1 heterocycles. The van der Waals surface area contributed by atoms with Gasteiger partial charge in [-0.05, 0) is 18.8 Å². The van der Waals surface area contributed by atoms with Gasteiger partial charge in [0, 0.05) is 18.8 Å². The van der Waals surface area contributed by atoms with Crippen LogP contribution in [0.5, 0.6) is 0 Å². The molecule has 2 rings (SSSR count).